The maximum absolute atomic E-state index is 9.60. The average molecular weight is 296 g/mol. The Morgan fingerprint density at radius 1 is 0.706 bits per heavy atom. The molecule has 0 amide bonds. The van der Waals surface area contributed by atoms with E-state index in [1.54, 1.807) is 0 Å². The van der Waals surface area contributed by atoms with E-state index < -0.39 is 38.0 Å². The van der Waals surface area contributed by atoms with Gasteiger partial charge in [-0.25, -0.2) is 0 Å². The number of aliphatic hydroxyl groups is 6. The number of aliphatic hydroxyl groups excluding tert-OH is 6. The molecule has 0 bridgehead atoms. The van der Waals surface area contributed by atoms with Gasteiger partial charge in [-0.3, -0.25) is 0 Å². The molecule has 4 unspecified atom stereocenters. The van der Waals surface area contributed by atoms with Gasteiger partial charge in [-0.1, -0.05) is 0 Å². The summed E-state index contributed by atoms with van der Waals surface area (Å²) < 4.78 is 0. The van der Waals surface area contributed by atoms with Crippen LogP contribution in [-0.2, 0) is 21.7 Å². The van der Waals surface area contributed by atoms with Gasteiger partial charge in [0.05, 0.1) is 25.4 Å². The monoisotopic (exact) mass is 296 g/mol. The fourth-order valence-corrected chi connectivity index (χ4v) is 0.180. The zero-order valence-electron chi connectivity index (χ0n) is 8.62. The van der Waals surface area contributed by atoms with E-state index in [-0.39, 0.29) is 32.7 Å². The molecule has 8 N–H and O–H groups in total. The molecule has 0 aromatic rings. The minimum Gasteiger partial charge on any atom is -0.870 e. The van der Waals surface area contributed by atoms with Gasteiger partial charge in [0.1, 0.15) is 0 Å². The maximum atomic E-state index is 9.60. The fraction of sp³-hybridized carbons (Fsp3) is 1.00. The Labute approximate surface area is 112 Å². The molecule has 0 saturated carbocycles. The smallest absolute Gasteiger partial charge is 0.870 e. The van der Waals surface area contributed by atoms with E-state index >= 15 is 0 Å². The van der Waals surface area contributed by atoms with Crippen molar-refractivity contribution in [2.45, 2.75) is 24.8 Å². The first-order valence-corrected chi connectivity index (χ1v) is 3.62. The summed E-state index contributed by atoms with van der Waals surface area (Å²) in [6.45, 7) is -1.38. The normalized spacial score (nSPS) is 15.5. The summed E-state index contributed by atoms with van der Waals surface area (Å²) in [5.41, 5.74) is 0. The molecule has 4 atom stereocenters. The Kier molecular flexibility index (Phi) is 33.4. The van der Waals surface area contributed by atoms with E-state index in [9.17, 15) is 10.2 Å². The van der Waals surface area contributed by atoms with Crippen molar-refractivity contribution in [3.8, 4) is 0 Å². The van der Waals surface area contributed by atoms with Crippen LogP contribution in [0.2, 0.25) is 0 Å². The van der Waals surface area contributed by atoms with Crippen molar-refractivity contribution < 1.29 is 73.5 Å². The molecule has 11 heteroatoms. The van der Waals surface area contributed by atoms with Crippen molar-refractivity contribution in [2.24, 2.45) is 0 Å². The van der Waals surface area contributed by atoms with Crippen LogP contribution in [0.15, 0.2) is 0 Å². The molecule has 0 fully saturated rings. The molecule has 0 aromatic heterocycles. The van der Waals surface area contributed by atoms with E-state index in [1.165, 1.54) is 0 Å². The van der Waals surface area contributed by atoms with E-state index in [1.807, 2.05) is 0 Å². The predicted octanol–water partition coefficient (Wildman–Crippen LogP) is -6.32. The second-order valence-electron chi connectivity index (χ2n) is 2.28. The summed E-state index contributed by atoms with van der Waals surface area (Å²) in [5, 5.41) is 67.0. The molecule has 0 heterocycles. The van der Waals surface area contributed by atoms with E-state index in [0.29, 0.717) is 0 Å². The Hall–Kier alpha value is 0.314. The Balaban J connectivity index is -0.0000000480. The van der Waals surface area contributed by atoms with Gasteiger partial charge in [-0.05, 0) is 0 Å². The Morgan fingerprint density at radius 2 is 0.882 bits per heavy atom. The van der Waals surface area contributed by atoms with Crippen LogP contribution >= 0.6 is 0 Å². The SMILES string of the molecule is [O-]C(O)C(O)CO.[O-]C(O)C(O)CO.[OH-].[OH-].[Ti+4]. The molecule has 0 aromatic carbocycles. The molecule has 104 valence electrons. The maximum Gasteiger partial charge on any atom is 4.00 e. The van der Waals surface area contributed by atoms with Crippen LogP contribution in [0.4, 0.5) is 0 Å². The third kappa shape index (κ3) is 22.0. The summed E-state index contributed by atoms with van der Waals surface area (Å²) in [5.74, 6) is 0. The fourth-order valence-electron chi connectivity index (χ4n) is 0.180. The number of hydrogen-bond acceptors (Lipinski definition) is 10. The summed E-state index contributed by atoms with van der Waals surface area (Å²) >= 11 is 0. The van der Waals surface area contributed by atoms with Crippen LogP contribution in [0.25, 0.3) is 0 Å². The van der Waals surface area contributed by atoms with Gasteiger partial charge in [0.25, 0.3) is 0 Å². The first-order valence-electron chi connectivity index (χ1n) is 3.62. The third-order valence-corrected chi connectivity index (χ3v) is 1.03. The largest absolute Gasteiger partial charge is 4.00 e. The molecule has 0 saturated heterocycles. The van der Waals surface area contributed by atoms with Gasteiger partial charge in [0.15, 0.2) is 0 Å². The molecule has 0 aliphatic heterocycles. The van der Waals surface area contributed by atoms with Crippen molar-refractivity contribution in [1.29, 1.82) is 0 Å². The molecule has 0 radical (unpaired) electrons. The van der Waals surface area contributed by atoms with Gasteiger partial charge < -0.3 is 51.8 Å². The first-order chi connectivity index (χ1) is 6.36. The second kappa shape index (κ2) is 18.7. The first kappa shape index (κ1) is 30.4. The van der Waals surface area contributed by atoms with Crippen LogP contribution in [0, 0.1) is 0 Å². The zero-order chi connectivity index (χ0) is 11.7. The molecular formula is C6H16O10Ti. The Bertz CT molecular complexity index is 109. The van der Waals surface area contributed by atoms with Crippen LogP contribution in [0.5, 0.6) is 0 Å². The predicted molar refractivity (Wildman–Crippen MR) is 42.1 cm³/mol. The Morgan fingerprint density at radius 3 is 0.882 bits per heavy atom. The van der Waals surface area contributed by atoms with Gasteiger partial charge >= 0.3 is 21.7 Å². The summed E-state index contributed by atoms with van der Waals surface area (Å²) in [6, 6.07) is 0. The summed E-state index contributed by atoms with van der Waals surface area (Å²) in [7, 11) is 0. The van der Waals surface area contributed by atoms with Crippen molar-refractivity contribution in [3.05, 3.63) is 0 Å². The second-order valence-corrected chi connectivity index (χ2v) is 2.28. The van der Waals surface area contributed by atoms with Crippen LogP contribution < -0.4 is 10.2 Å². The molecule has 0 aliphatic rings. The molecule has 10 nitrogen and oxygen atoms in total. The van der Waals surface area contributed by atoms with Crippen LogP contribution in [0.1, 0.15) is 0 Å². The van der Waals surface area contributed by atoms with E-state index in [2.05, 4.69) is 0 Å². The standard InChI is InChI=1S/2C3H7O4.2H2O.Ti/c2*4-1-2(5)3(6)7;;;/h2*2-6H,1H2;2*1H2;/q2*-1;;;+4/p-2. The summed E-state index contributed by atoms with van der Waals surface area (Å²) in [6.07, 6.45) is -7.24. The van der Waals surface area contributed by atoms with E-state index in [4.69, 9.17) is 30.6 Å². The topological polar surface area (TPSA) is 228 Å². The third-order valence-electron chi connectivity index (χ3n) is 1.03. The average Bonchev–Trinajstić information content (AvgIpc) is 2.15. The molecular weight excluding hydrogens is 280 g/mol. The number of hydrogen-bond donors (Lipinski definition) is 6. The van der Waals surface area contributed by atoms with Crippen molar-refractivity contribution in [3.63, 3.8) is 0 Å². The van der Waals surface area contributed by atoms with Crippen molar-refractivity contribution in [2.75, 3.05) is 13.2 Å². The number of rotatable bonds is 4. The van der Waals surface area contributed by atoms with Crippen LogP contribution in [-0.4, -0.2) is 79.6 Å². The van der Waals surface area contributed by atoms with Gasteiger partial charge in [0.2, 0.25) is 0 Å². The molecule has 0 spiro atoms. The molecule has 0 rings (SSSR count). The quantitative estimate of drug-likeness (QED) is 0.212. The van der Waals surface area contributed by atoms with Gasteiger partial charge in [-0.15, -0.1) is 0 Å². The van der Waals surface area contributed by atoms with Crippen molar-refractivity contribution >= 4 is 0 Å². The minimum absolute atomic E-state index is 0. The van der Waals surface area contributed by atoms with Crippen molar-refractivity contribution in [1.82, 2.24) is 0 Å². The van der Waals surface area contributed by atoms with Crippen LogP contribution in [0.3, 0.4) is 0 Å². The van der Waals surface area contributed by atoms with E-state index in [0.717, 1.165) is 0 Å². The molecule has 0 aliphatic carbocycles. The van der Waals surface area contributed by atoms with Gasteiger partial charge in [-0.2, -0.15) is 0 Å². The van der Waals surface area contributed by atoms with Gasteiger partial charge in [0, 0.05) is 12.6 Å². The molecule has 17 heavy (non-hydrogen) atoms. The zero-order valence-corrected chi connectivity index (χ0v) is 10.2. The minimum atomic E-state index is -2.08. The summed E-state index contributed by atoms with van der Waals surface area (Å²) in [4.78, 5) is 0.